The fourth-order valence-corrected chi connectivity index (χ4v) is 4.46. The highest BCUT2D eigenvalue weighted by molar-refractivity contribution is 7.91. The van der Waals surface area contributed by atoms with E-state index >= 15 is 0 Å². The van der Waals surface area contributed by atoms with Gasteiger partial charge in [-0.25, -0.2) is 13.2 Å². The summed E-state index contributed by atoms with van der Waals surface area (Å²) >= 11 is 0. The predicted molar refractivity (Wildman–Crippen MR) is 73.8 cm³/mol. The monoisotopic (exact) mass is 302 g/mol. The zero-order valence-electron chi connectivity index (χ0n) is 11.7. The minimum absolute atomic E-state index is 0.0728. The largest absolute Gasteiger partial charge is 0.428 e. The molecule has 1 spiro atoms. The van der Waals surface area contributed by atoms with Crippen molar-refractivity contribution in [1.82, 2.24) is 9.96 Å². The first kappa shape index (κ1) is 14.1. The van der Waals surface area contributed by atoms with Crippen LogP contribution in [0.3, 0.4) is 0 Å². The van der Waals surface area contributed by atoms with Crippen LogP contribution in [-0.4, -0.2) is 62.2 Å². The molecule has 0 aromatic heterocycles. The molecule has 20 heavy (non-hydrogen) atoms. The number of amides is 1. The van der Waals surface area contributed by atoms with E-state index in [1.807, 2.05) is 0 Å². The van der Waals surface area contributed by atoms with Crippen molar-refractivity contribution in [2.24, 2.45) is 5.41 Å². The van der Waals surface area contributed by atoms with Gasteiger partial charge >= 0.3 is 6.09 Å². The number of hydroxylamine groups is 2. The van der Waals surface area contributed by atoms with Gasteiger partial charge in [0.25, 0.3) is 0 Å². The van der Waals surface area contributed by atoms with Crippen LogP contribution in [0, 0.1) is 5.41 Å². The van der Waals surface area contributed by atoms with Crippen molar-refractivity contribution in [3.05, 3.63) is 0 Å². The average molecular weight is 302 g/mol. The van der Waals surface area contributed by atoms with Gasteiger partial charge < -0.3 is 9.74 Å². The molecular weight excluding hydrogens is 280 g/mol. The number of piperidine rings is 1. The molecule has 6 nitrogen and oxygen atoms in total. The Morgan fingerprint density at radius 1 is 0.950 bits per heavy atom. The van der Waals surface area contributed by atoms with Gasteiger partial charge in [-0.1, -0.05) is 6.42 Å². The van der Waals surface area contributed by atoms with Crippen molar-refractivity contribution in [2.45, 2.75) is 32.1 Å². The van der Waals surface area contributed by atoms with Crippen LogP contribution in [0.1, 0.15) is 32.1 Å². The topological polar surface area (TPSA) is 66.9 Å². The van der Waals surface area contributed by atoms with Gasteiger partial charge in [-0.15, -0.1) is 5.06 Å². The van der Waals surface area contributed by atoms with Crippen LogP contribution in [0.2, 0.25) is 0 Å². The molecule has 2 saturated heterocycles. The minimum Gasteiger partial charge on any atom is -0.351 e. The lowest BCUT2D eigenvalue weighted by Crippen LogP contribution is -2.49. The molecule has 2 aliphatic heterocycles. The Hall–Kier alpha value is -0.820. The van der Waals surface area contributed by atoms with Gasteiger partial charge in [-0.2, -0.15) is 0 Å². The summed E-state index contributed by atoms with van der Waals surface area (Å²) < 4.78 is 22.6. The number of carbonyl (C=O) groups excluding carboxylic acids is 1. The molecule has 0 atom stereocenters. The number of carbonyl (C=O) groups is 1. The lowest BCUT2D eigenvalue weighted by atomic mass is 9.63. The summed E-state index contributed by atoms with van der Waals surface area (Å²) in [6, 6.07) is 0. The van der Waals surface area contributed by atoms with Crippen LogP contribution in [0.15, 0.2) is 0 Å². The van der Waals surface area contributed by atoms with E-state index in [9.17, 15) is 13.2 Å². The summed E-state index contributed by atoms with van der Waals surface area (Å²) in [6.07, 6.45) is 5.78. The highest BCUT2D eigenvalue weighted by Crippen LogP contribution is 2.48. The number of hydrogen-bond donors (Lipinski definition) is 0. The SMILES string of the molecule is O=C(ON1CCS(=O)(=O)CC1)N1CCC2(CCC2)CC1. The molecule has 0 radical (unpaired) electrons. The van der Waals surface area contributed by atoms with Crippen molar-refractivity contribution in [3.63, 3.8) is 0 Å². The van der Waals surface area contributed by atoms with E-state index in [1.165, 1.54) is 24.3 Å². The van der Waals surface area contributed by atoms with Gasteiger partial charge in [0.15, 0.2) is 9.84 Å². The maximum atomic E-state index is 12.1. The van der Waals surface area contributed by atoms with Gasteiger partial charge in [0, 0.05) is 26.2 Å². The first-order valence-electron chi connectivity index (χ1n) is 7.40. The summed E-state index contributed by atoms with van der Waals surface area (Å²) in [5.41, 5.74) is 0.510. The molecule has 2 heterocycles. The predicted octanol–water partition coefficient (Wildman–Crippen LogP) is 1.03. The third kappa shape index (κ3) is 2.93. The molecule has 0 aromatic carbocycles. The Balaban J connectivity index is 1.46. The summed E-state index contributed by atoms with van der Waals surface area (Å²) in [7, 11) is -2.93. The molecule has 0 N–H and O–H groups in total. The lowest BCUT2D eigenvalue weighted by molar-refractivity contribution is -0.111. The number of sulfone groups is 1. The first-order chi connectivity index (χ1) is 9.48. The maximum absolute atomic E-state index is 12.1. The van der Waals surface area contributed by atoms with Crippen LogP contribution in [0.25, 0.3) is 0 Å². The summed E-state index contributed by atoms with van der Waals surface area (Å²) in [4.78, 5) is 19.1. The van der Waals surface area contributed by atoms with Gasteiger partial charge in [0.05, 0.1) is 11.5 Å². The Morgan fingerprint density at radius 3 is 2.05 bits per heavy atom. The molecule has 114 valence electrons. The van der Waals surface area contributed by atoms with Crippen LogP contribution in [0.5, 0.6) is 0 Å². The summed E-state index contributed by atoms with van der Waals surface area (Å²) in [5, 5.41) is 1.48. The van der Waals surface area contributed by atoms with Crippen molar-refractivity contribution in [3.8, 4) is 0 Å². The van der Waals surface area contributed by atoms with Crippen molar-refractivity contribution in [2.75, 3.05) is 37.7 Å². The third-order valence-electron chi connectivity index (χ3n) is 5.01. The normalized spacial score (nSPS) is 28.9. The van der Waals surface area contributed by atoms with E-state index < -0.39 is 9.84 Å². The Labute approximate surface area is 119 Å². The van der Waals surface area contributed by atoms with Gasteiger partial charge in [-0.05, 0) is 31.1 Å². The van der Waals surface area contributed by atoms with E-state index in [0.717, 1.165) is 25.9 Å². The zero-order valence-corrected chi connectivity index (χ0v) is 12.5. The summed E-state index contributed by atoms with van der Waals surface area (Å²) in [5.74, 6) is 0.146. The highest BCUT2D eigenvalue weighted by atomic mass is 32.2. The van der Waals surface area contributed by atoms with Gasteiger partial charge in [0.1, 0.15) is 0 Å². The molecule has 3 rings (SSSR count). The van der Waals surface area contributed by atoms with E-state index in [2.05, 4.69) is 0 Å². The molecular formula is C13H22N2O4S. The highest BCUT2D eigenvalue weighted by Gasteiger charge is 2.41. The Kier molecular flexibility index (Phi) is 3.66. The van der Waals surface area contributed by atoms with E-state index in [0.29, 0.717) is 5.41 Å². The quantitative estimate of drug-likeness (QED) is 0.724. The molecule has 1 amide bonds. The smallest absolute Gasteiger partial charge is 0.351 e. The maximum Gasteiger partial charge on any atom is 0.428 e. The van der Waals surface area contributed by atoms with Crippen molar-refractivity contribution in [1.29, 1.82) is 0 Å². The number of hydrogen-bond acceptors (Lipinski definition) is 5. The minimum atomic E-state index is -2.93. The van der Waals surface area contributed by atoms with Crippen LogP contribution in [0.4, 0.5) is 4.79 Å². The standard InChI is InChI=1S/C13H22N2O4S/c16-12(19-15-8-10-20(17,18)11-9-15)14-6-4-13(5-7-14)2-1-3-13/h1-11H2. The molecule has 0 unspecified atom stereocenters. The van der Waals surface area contributed by atoms with Gasteiger partial charge in [-0.3, -0.25) is 0 Å². The summed E-state index contributed by atoms with van der Waals surface area (Å²) in [6.45, 7) is 2.10. The van der Waals surface area contributed by atoms with Crippen molar-refractivity contribution < 1.29 is 18.0 Å². The third-order valence-corrected chi connectivity index (χ3v) is 6.62. The van der Waals surface area contributed by atoms with Crippen molar-refractivity contribution >= 4 is 15.9 Å². The van der Waals surface area contributed by atoms with E-state index in [1.54, 1.807) is 4.90 Å². The number of nitrogens with zero attached hydrogens (tertiary/aromatic N) is 2. The second-order valence-corrected chi connectivity index (χ2v) is 8.58. The first-order valence-corrected chi connectivity index (χ1v) is 9.23. The average Bonchev–Trinajstić information content (AvgIpc) is 2.39. The second kappa shape index (κ2) is 5.18. The fourth-order valence-electron chi connectivity index (χ4n) is 3.30. The van der Waals surface area contributed by atoms with Crippen LogP contribution >= 0.6 is 0 Å². The molecule has 0 aromatic rings. The fraction of sp³-hybridized carbons (Fsp3) is 0.923. The van der Waals surface area contributed by atoms with E-state index in [4.69, 9.17) is 4.84 Å². The molecule has 1 saturated carbocycles. The van der Waals surface area contributed by atoms with Crippen LogP contribution in [-0.2, 0) is 14.7 Å². The number of likely N-dealkylation sites (tertiary alicyclic amines) is 1. The number of rotatable bonds is 1. The van der Waals surface area contributed by atoms with E-state index in [-0.39, 0.29) is 30.7 Å². The molecule has 7 heteroatoms. The Bertz CT molecular complexity index is 463. The Morgan fingerprint density at radius 2 is 1.55 bits per heavy atom. The lowest BCUT2D eigenvalue weighted by Gasteiger charge is -2.47. The zero-order chi connectivity index (χ0) is 14.2. The molecule has 0 bridgehead atoms. The second-order valence-electron chi connectivity index (χ2n) is 6.28. The molecule has 3 fully saturated rings. The van der Waals surface area contributed by atoms with Crippen LogP contribution < -0.4 is 0 Å². The van der Waals surface area contributed by atoms with Gasteiger partial charge in [0.2, 0.25) is 0 Å². The molecule has 1 aliphatic carbocycles. The molecule has 3 aliphatic rings.